The second kappa shape index (κ2) is 6.07. The van der Waals surface area contributed by atoms with E-state index >= 15 is 0 Å². The molecule has 2 rings (SSSR count). The lowest BCUT2D eigenvalue weighted by Gasteiger charge is -2.24. The van der Waals surface area contributed by atoms with Crippen molar-refractivity contribution in [2.24, 2.45) is 5.73 Å². The molecule has 92 valence electrons. The van der Waals surface area contributed by atoms with Crippen molar-refractivity contribution in [1.29, 1.82) is 0 Å². The van der Waals surface area contributed by atoms with Gasteiger partial charge in [-0.1, -0.05) is 30.3 Å². The Morgan fingerprint density at radius 2 is 1.94 bits per heavy atom. The van der Waals surface area contributed by atoms with Gasteiger partial charge in [0.2, 0.25) is 5.91 Å². The second-order valence-corrected chi connectivity index (χ2v) is 5.51. The number of hydrogen-bond donors (Lipinski definition) is 2. The maximum atomic E-state index is 12.0. The summed E-state index contributed by atoms with van der Waals surface area (Å²) in [6, 6.07) is 9.26. The molecule has 1 amide bonds. The highest BCUT2D eigenvalue weighted by Gasteiger charge is 2.20. The minimum atomic E-state index is -0.550. The maximum Gasteiger partial charge on any atom is 0.241 e. The van der Waals surface area contributed by atoms with E-state index in [-0.39, 0.29) is 5.91 Å². The zero-order valence-electron chi connectivity index (χ0n) is 9.76. The van der Waals surface area contributed by atoms with Gasteiger partial charge in [-0.25, -0.2) is 0 Å². The molecular weight excluding hydrogens is 232 g/mol. The van der Waals surface area contributed by atoms with Crippen molar-refractivity contribution in [1.82, 2.24) is 5.32 Å². The normalized spacial score (nSPS) is 18.6. The number of carbonyl (C=O) groups is 1. The first kappa shape index (κ1) is 12.5. The molecule has 1 aromatic rings. The topological polar surface area (TPSA) is 55.1 Å². The quantitative estimate of drug-likeness (QED) is 0.858. The molecule has 0 aliphatic carbocycles. The van der Waals surface area contributed by atoms with Crippen molar-refractivity contribution in [3.8, 4) is 0 Å². The first-order valence-electron chi connectivity index (χ1n) is 5.96. The summed E-state index contributed by atoms with van der Waals surface area (Å²) in [5.41, 5.74) is 6.81. The molecule has 0 bridgehead atoms. The van der Waals surface area contributed by atoms with E-state index in [0.717, 1.165) is 29.9 Å². The Labute approximate surface area is 106 Å². The summed E-state index contributed by atoms with van der Waals surface area (Å²) in [6.07, 6.45) is 2.11. The van der Waals surface area contributed by atoms with Crippen LogP contribution in [0.1, 0.15) is 24.4 Å². The van der Waals surface area contributed by atoms with E-state index in [9.17, 15) is 4.79 Å². The van der Waals surface area contributed by atoms with Crippen molar-refractivity contribution < 1.29 is 4.79 Å². The fourth-order valence-electron chi connectivity index (χ4n) is 1.94. The molecule has 1 atom stereocenters. The number of amides is 1. The van der Waals surface area contributed by atoms with Crippen molar-refractivity contribution >= 4 is 17.7 Å². The Hall–Kier alpha value is -1.00. The van der Waals surface area contributed by atoms with Gasteiger partial charge in [0.1, 0.15) is 6.04 Å². The predicted octanol–water partition coefficient (Wildman–Crippen LogP) is 1.70. The maximum absolute atomic E-state index is 12.0. The molecule has 1 heterocycles. The van der Waals surface area contributed by atoms with E-state index < -0.39 is 6.04 Å². The van der Waals surface area contributed by atoms with E-state index in [1.807, 2.05) is 42.1 Å². The summed E-state index contributed by atoms with van der Waals surface area (Å²) in [6.45, 7) is 0. The van der Waals surface area contributed by atoms with Gasteiger partial charge in [-0.05, 0) is 29.9 Å². The zero-order chi connectivity index (χ0) is 12.1. The fourth-order valence-corrected chi connectivity index (χ4v) is 3.05. The molecule has 0 aromatic heterocycles. The van der Waals surface area contributed by atoms with E-state index in [2.05, 4.69) is 5.32 Å². The lowest BCUT2D eigenvalue weighted by Crippen LogP contribution is -2.42. The molecule has 3 N–H and O–H groups in total. The van der Waals surface area contributed by atoms with E-state index in [4.69, 9.17) is 5.73 Å². The number of hydrogen-bond acceptors (Lipinski definition) is 3. The molecule has 0 radical (unpaired) electrons. The minimum absolute atomic E-state index is 0.0619. The van der Waals surface area contributed by atoms with Crippen LogP contribution in [0.25, 0.3) is 0 Å². The van der Waals surface area contributed by atoms with Gasteiger partial charge >= 0.3 is 0 Å². The van der Waals surface area contributed by atoms with Crippen molar-refractivity contribution in [2.45, 2.75) is 24.9 Å². The molecule has 1 aromatic carbocycles. The molecular formula is C13H18N2OS. The van der Waals surface area contributed by atoms with Crippen LogP contribution in [-0.4, -0.2) is 23.5 Å². The second-order valence-electron chi connectivity index (χ2n) is 4.28. The van der Waals surface area contributed by atoms with Crippen molar-refractivity contribution in [3.05, 3.63) is 35.9 Å². The number of carbonyl (C=O) groups excluding carboxylic acids is 1. The average molecular weight is 250 g/mol. The lowest BCUT2D eigenvalue weighted by atomic mass is 10.1. The number of nitrogens with two attached hydrogens (primary N) is 1. The summed E-state index contributed by atoms with van der Waals surface area (Å²) in [5.74, 6) is 2.20. The number of nitrogens with one attached hydrogen (secondary N) is 1. The monoisotopic (exact) mass is 250 g/mol. The zero-order valence-corrected chi connectivity index (χ0v) is 10.6. The van der Waals surface area contributed by atoms with Gasteiger partial charge in [0.05, 0.1) is 0 Å². The van der Waals surface area contributed by atoms with Crippen LogP contribution < -0.4 is 11.1 Å². The number of rotatable bonds is 3. The summed E-state index contributed by atoms with van der Waals surface area (Å²) in [7, 11) is 0. The Morgan fingerprint density at radius 3 is 2.59 bits per heavy atom. The number of benzene rings is 1. The Kier molecular flexibility index (Phi) is 4.45. The molecule has 0 spiro atoms. The molecule has 1 saturated heterocycles. The van der Waals surface area contributed by atoms with Gasteiger partial charge in [-0.3, -0.25) is 4.79 Å². The third-order valence-electron chi connectivity index (χ3n) is 3.01. The van der Waals surface area contributed by atoms with Crippen LogP contribution in [0.5, 0.6) is 0 Å². The molecule has 1 aliphatic heterocycles. The number of thioether (sulfide) groups is 1. The van der Waals surface area contributed by atoms with Gasteiger partial charge in [0.25, 0.3) is 0 Å². The average Bonchev–Trinajstić information content (AvgIpc) is 2.40. The summed E-state index contributed by atoms with van der Waals surface area (Å²) < 4.78 is 0. The molecule has 0 saturated carbocycles. The third-order valence-corrected chi connectivity index (χ3v) is 4.06. The summed E-state index contributed by atoms with van der Waals surface area (Å²) in [4.78, 5) is 12.0. The molecule has 1 unspecified atom stereocenters. The lowest BCUT2D eigenvalue weighted by molar-refractivity contribution is -0.123. The van der Waals surface area contributed by atoms with Crippen LogP contribution in [-0.2, 0) is 4.79 Å². The van der Waals surface area contributed by atoms with Crippen LogP contribution >= 0.6 is 11.8 Å². The Bertz CT molecular complexity index is 363. The van der Waals surface area contributed by atoms with Crippen LogP contribution in [0.3, 0.4) is 0 Å². The predicted molar refractivity (Wildman–Crippen MR) is 71.9 cm³/mol. The van der Waals surface area contributed by atoms with Gasteiger partial charge in [0.15, 0.2) is 0 Å². The highest BCUT2D eigenvalue weighted by molar-refractivity contribution is 7.99. The van der Waals surface area contributed by atoms with Gasteiger partial charge < -0.3 is 11.1 Å². The van der Waals surface area contributed by atoms with Crippen LogP contribution in [0.4, 0.5) is 0 Å². The smallest absolute Gasteiger partial charge is 0.241 e. The summed E-state index contributed by atoms with van der Waals surface area (Å²) in [5, 5.41) is 3.04. The first-order valence-corrected chi connectivity index (χ1v) is 7.11. The molecule has 3 nitrogen and oxygen atoms in total. The molecule has 17 heavy (non-hydrogen) atoms. The van der Waals surface area contributed by atoms with E-state index in [1.165, 1.54) is 0 Å². The highest BCUT2D eigenvalue weighted by atomic mass is 32.2. The third kappa shape index (κ3) is 3.48. The van der Waals surface area contributed by atoms with Gasteiger partial charge in [-0.2, -0.15) is 11.8 Å². The van der Waals surface area contributed by atoms with Gasteiger partial charge in [-0.15, -0.1) is 0 Å². The van der Waals surface area contributed by atoms with Crippen molar-refractivity contribution in [3.63, 3.8) is 0 Å². The van der Waals surface area contributed by atoms with E-state index in [0.29, 0.717) is 6.04 Å². The van der Waals surface area contributed by atoms with Gasteiger partial charge in [0, 0.05) is 6.04 Å². The standard InChI is InChI=1S/C13H18N2OS/c14-12(10-4-2-1-3-5-10)13(16)15-11-6-8-17-9-7-11/h1-5,11-12H,6-9,14H2,(H,15,16). The molecule has 4 heteroatoms. The minimum Gasteiger partial charge on any atom is -0.352 e. The Morgan fingerprint density at radius 1 is 1.29 bits per heavy atom. The first-order chi connectivity index (χ1) is 8.27. The van der Waals surface area contributed by atoms with Crippen LogP contribution in [0.2, 0.25) is 0 Å². The van der Waals surface area contributed by atoms with Crippen LogP contribution in [0, 0.1) is 0 Å². The largest absolute Gasteiger partial charge is 0.352 e. The highest BCUT2D eigenvalue weighted by Crippen LogP contribution is 2.18. The summed E-state index contributed by atoms with van der Waals surface area (Å²) >= 11 is 1.95. The molecule has 1 fully saturated rings. The SMILES string of the molecule is NC(C(=O)NC1CCSCC1)c1ccccc1. The van der Waals surface area contributed by atoms with E-state index in [1.54, 1.807) is 0 Å². The van der Waals surface area contributed by atoms with Crippen molar-refractivity contribution in [2.75, 3.05) is 11.5 Å². The Balaban J connectivity index is 1.91. The molecule has 1 aliphatic rings. The van der Waals surface area contributed by atoms with Crippen LogP contribution in [0.15, 0.2) is 30.3 Å². The fraction of sp³-hybridized carbons (Fsp3) is 0.462.